The number of nitrogens with one attached hydrogen (secondary N) is 1. The number of carbonyl (C=O) groups excluding carboxylic acids is 2. The molecule has 0 aliphatic rings. The molecule has 27 heavy (non-hydrogen) atoms. The topological polar surface area (TPSA) is 52.7 Å². The van der Waals surface area contributed by atoms with Crippen molar-refractivity contribution in [1.82, 2.24) is 4.90 Å². The Balaban J connectivity index is 2.27. The highest BCUT2D eigenvalue weighted by Gasteiger charge is 2.27. The molecule has 5 nitrogen and oxygen atoms in total. The van der Waals surface area contributed by atoms with Crippen LogP contribution in [0.4, 0.5) is 21.0 Å². The standard InChI is InChI=1S/C22H29N3O2/c1-3-5-17-24(18-6-4-2)22(27)25(20-15-11-8-12-16-20)21(26)23-19-13-9-7-10-14-19/h7-16H,3-6,17-18H2,1-2H3,(H,23,26). The van der Waals surface area contributed by atoms with Gasteiger partial charge in [-0.3, -0.25) is 0 Å². The average Bonchev–Trinajstić information content (AvgIpc) is 2.70. The van der Waals surface area contributed by atoms with Crippen molar-refractivity contribution in [2.45, 2.75) is 39.5 Å². The number of unbranched alkanes of at least 4 members (excludes halogenated alkanes) is 2. The second kappa shape index (κ2) is 11.0. The molecule has 0 saturated heterocycles. The molecule has 0 aliphatic heterocycles. The SMILES string of the molecule is CCCCN(CCCC)C(=O)N(C(=O)Nc1ccccc1)c1ccccc1. The van der Waals surface area contributed by atoms with Crippen molar-refractivity contribution >= 4 is 23.4 Å². The fourth-order valence-electron chi connectivity index (χ4n) is 2.73. The van der Waals surface area contributed by atoms with Crippen molar-refractivity contribution in [1.29, 1.82) is 0 Å². The quantitative estimate of drug-likeness (QED) is 0.646. The van der Waals surface area contributed by atoms with Crippen LogP contribution in [-0.2, 0) is 0 Å². The Kier molecular flexibility index (Phi) is 8.36. The number of nitrogens with zero attached hydrogens (tertiary/aromatic N) is 2. The lowest BCUT2D eigenvalue weighted by atomic mass is 10.2. The Bertz CT molecular complexity index is 696. The molecule has 0 radical (unpaired) electrons. The van der Waals surface area contributed by atoms with Crippen LogP contribution in [0.25, 0.3) is 0 Å². The first kappa shape index (κ1) is 20.5. The van der Waals surface area contributed by atoms with Crippen molar-refractivity contribution in [3.8, 4) is 0 Å². The molecule has 0 aromatic heterocycles. The van der Waals surface area contributed by atoms with Gasteiger partial charge in [-0.15, -0.1) is 0 Å². The van der Waals surface area contributed by atoms with E-state index in [4.69, 9.17) is 0 Å². The number of urea groups is 2. The molecule has 0 unspecified atom stereocenters. The van der Waals surface area contributed by atoms with Gasteiger partial charge in [0.1, 0.15) is 0 Å². The van der Waals surface area contributed by atoms with Crippen molar-refractivity contribution in [2.75, 3.05) is 23.3 Å². The first-order valence-corrected chi connectivity index (χ1v) is 9.67. The number of hydrogen-bond acceptors (Lipinski definition) is 2. The second-order valence-corrected chi connectivity index (χ2v) is 6.44. The summed E-state index contributed by atoms with van der Waals surface area (Å²) in [5.74, 6) is 0. The van der Waals surface area contributed by atoms with Crippen LogP contribution in [0.3, 0.4) is 0 Å². The first-order valence-electron chi connectivity index (χ1n) is 9.67. The van der Waals surface area contributed by atoms with E-state index in [9.17, 15) is 9.59 Å². The number of benzene rings is 2. The summed E-state index contributed by atoms with van der Waals surface area (Å²) in [6.45, 7) is 5.49. The fourth-order valence-corrected chi connectivity index (χ4v) is 2.73. The van der Waals surface area contributed by atoms with Gasteiger partial charge in [0, 0.05) is 18.8 Å². The predicted molar refractivity (Wildman–Crippen MR) is 111 cm³/mol. The molecule has 0 fully saturated rings. The van der Waals surface area contributed by atoms with Gasteiger partial charge < -0.3 is 10.2 Å². The maximum Gasteiger partial charge on any atom is 0.334 e. The molecular weight excluding hydrogens is 338 g/mol. The zero-order valence-electron chi connectivity index (χ0n) is 16.2. The number of imide groups is 1. The molecule has 0 saturated carbocycles. The van der Waals surface area contributed by atoms with Gasteiger partial charge in [-0.2, -0.15) is 0 Å². The summed E-state index contributed by atoms with van der Waals surface area (Å²) in [6.07, 6.45) is 3.83. The van der Waals surface area contributed by atoms with Gasteiger partial charge in [-0.25, -0.2) is 14.5 Å². The van der Waals surface area contributed by atoms with E-state index in [1.807, 2.05) is 36.4 Å². The Morgan fingerprint density at radius 1 is 0.815 bits per heavy atom. The maximum atomic E-state index is 13.3. The van der Waals surface area contributed by atoms with Crippen LogP contribution in [0.1, 0.15) is 39.5 Å². The summed E-state index contributed by atoms with van der Waals surface area (Å²) in [5.41, 5.74) is 1.22. The molecule has 1 N–H and O–H groups in total. The Morgan fingerprint density at radius 3 is 1.85 bits per heavy atom. The third kappa shape index (κ3) is 6.13. The Labute approximate surface area is 162 Å². The molecule has 0 atom stereocenters. The molecular formula is C22H29N3O2. The molecule has 0 heterocycles. The van der Waals surface area contributed by atoms with Gasteiger partial charge in [0.25, 0.3) is 0 Å². The molecule has 0 aliphatic carbocycles. The molecule has 4 amide bonds. The maximum absolute atomic E-state index is 13.3. The van der Waals surface area contributed by atoms with Crippen LogP contribution >= 0.6 is 0 Å². The van der Waals surface area contributed by atoms with Gasteiger partial charge in [0.15, 0.2) is 0 Å². The number of hydrogen-bond donors (Lipinski definition) is 1. The highest BCUT2D eigenvalue weighted by atomic mass is 16.2. The first-order chi connectivity index (χ1) is 13.2. The minimum Gasteiger partial charge on any atom is -0.324 e. The van der Waals surface area contributed by atoms with Crippen LogP contribution < -0.4 is 10.2 Å². The summed E-state index contributed by atoms with van der Waals surface area (Å²) >= 11 is 0. The third-order valence-corrected chi connectivity index (χ3v) is 4.27. The lowest BCUT2D eigenvalue weighted by molar-refractivity contribution is 0.202. The molecule has 2 rings (SSSR count). The van der Waals surface area contributed by atoms with Crippen molar-refractivity contribution in [3.05, 3.63) is 60.7 Å². The number of rotatable bonds is 8. The number of amides is 4. The minimum absolute atomic E-state index is 0.281. The molecule has 144 valence electrons. The van der Waals surface area contributed by atoms with E-state index in [-0.39, 0.29) is 6.03 Å². The summed E-state index contributed by atoms with van der Waals surface area (Å²) in [6, 6.07) is 17.5. The molecule has 0 spiro atoms. The van der Waals surface area contributed by atoms with E-state index >= 15 is 0 Å². The second-order valence-electron chi connectivity index (χ2n) is 6.44. The van der Waals surface area contributed by atoms with E-state index in [2.05, 4.69) is 19.2 Å². The molecule has 2 aromatic carbocycles. The van der Waals surface area contributed by atoms with Crippen LogP contribution in [0.15, 0.2) is 60.7 Å². The smallest absolute Gasteiger partial charge is 0.324 e. The van der Waals surface area contributed by atoms with Gasteiger partial charge in [-0.05, 0) is 37.1 Å². The molecule has 2 aromatic rings. The number of carbonyl (C=O) groups is 2. The highest BCUT2D eigenvalue weighted by Crippen LogP contribution is 2.19. The van der Waals surface area contributed by atoms with E-state index < -0.39 is 6.03 Å². The largest absolute Gasteiger partial charge is 0.334 e. The summed E-state index contributed by atoms with van der Waals surface area (Å²) in [5, 5.41) is 2.83. The van der Waals surface area contributed by atoms with Gasteiger partial charge >= 0.3 is 12.1 Å². The number of anilines is 2. The summed E-state index contributed by atoms with van der Waals surface area (Å²) in [7, 11) is 0. The normalized spacial score (nSPS) is 10.3. The minimum atomic E-state index is -0.449. The van der Waals surface area contributed by atoms with Crippen molar-refractivity contribution < 1.29 is 9.59 Å². The van der Waals surface area contributed by atoms with Crippen LogP contribution in [0, 0.1) is 0 Å². The average molecular weight is 367 g/mol. The van der Waals surface area contributed by atoms with Crippen molar-refractivity contribution in [2.24, 2.45) is 0 Å². The number of para-hydroxylation sites is 2. The zero-order valence-corrected chi connectivity index (χ0v) is 16.2. The summed E-state index contributed by atoms with van der Waals surface area (Å²) in [4.78, 5) is 29.3. The van der Waals surface area contributed by atoms with Crippen molar-refractivity contribution in [3.63, 3.8) is 0 Å². The lowest BCUT2D eigenvalue weighted by Gasteiger charge is -2.29. The van der Waals surface area contributed by atoms with Crippen LogP contribution in [0.2, 0.25) is 0 Å². The van der Waals surface area contributed by atoms with E-state index in [0.717, 1.165) is 25.7 Å². The Morgan fingerprint density at radius 2 is 1.33 bits per heavy atom. The van der Waals surface area contributed by atoms with E-state index in [0.29, 0.717) is 24.5 Å². The highest BCUT2D eigenvalue weighted by molar-refractivity contribution is 6.17. The fraction of sp³-hybridized carbons (Fsp3) is 0.364. The molecule has 5 heteroatoms. The van der Waals surface area contributed by atoms with Gasteiger partial charge in [0.2, 0.25) is 0 Å². The zero-order chi connectivity index (χ0) is 19.5. The summed E-state index contributed by atoms with van der Waals surface area (Å²) < 4.78 is 0. The third-order valence-electron chi connectivity index (χ3n) is 4.27. The van der Waals surface area contributed by atoms with Crippen LogP contribution in [-0.4, -0.2) is 30.1 Å². The Hall–Kier alpha value is -2.82. The van der Waals surface area contributed by atoms with E-state index in [1.165, 1.54) is 4.90 Å². The van der Waals surface area contributed by atoms with Gasteiger partial charge in [-0.1, -0.05) is 63.1 Å². The van der Waals surface area contributed by atoms with E-state index in [1.54, 1.807) is 29.2 Å². The monoisotopic (exact) mass is 367 g/mol. The van der Waals surface area contributed by atoms with Gasteiger partial charge in [0.05, 0.1) is 5.69 Å². The molecule has 0 bridgehead atoms. The lowest BCUT2D eigenvalue weighted by Crippen LogP contribution is -2.49. The predicted octanol–water partition coefficient (Wildman–Crippen LogP) is 5.75. The van der Waals surface area contributed by atoms with Crippen LogP contribution in [0.5, 0.6) is 0 Å².